The summed E-state index contributed by atoms with van der Waals surface area (Å²) in [6.07, 6.45) is 3.00. The number of aryl methyl sites for hydroxylation is 3. The van der Waals surface area contributed by atoms with Gasteiger partial charge in [0.25, 0.3) is 0 Å². The average molecular weight is 202 g/mol. The van der Waals surface area contributed by atoms with Gasteiger partial charge in [-0.25, -0.2) is 0 Å². The van der Waals surface area contributed by atoms with Crippen molar-refractivity contribution < 1.29 is 4.52 Å². The lowest BCUT2D eigenvalue weighted by Gasteiger charge is -1.97. The quantitative estimate of drug-likeness (QED) is 0.764. The molecule has 0 bridgehead atoms. The van der Waals surface area contributed by atoms with Crippen LogP contribution < -0.4 is 0 Å². The Bertz CT molecular complexity index is 409. The normalized spacial score (nSPS) is 10.5. The Kier molecular flexibility index (Phi) is 3.12. The monoisotopic (exact) mass is 202 g/mol. The summed E-state index contributed by atoms with van der Waals surface area (Å²) >= 11 is 0. The zero-order valence-corrected chi connectivity index (χ0v) is 8.81. The van der Waals surface area contributed by atoms with E-state index in [1.54, 1.807) is 0 Å². The van der Waals surface area contributed by atoms with Crippen molar-refractivity contribution in [3.05, 3.63) is 47.6 Å². The molecule has 0 N–H and O–H groups in total. The first kappa shape index (κ1) is 9.90. The highest BCUT2D eigenvalue weighted by atomic mass is 16.5. The molecule has 0 saturated carbocycles. The molecule has 1 aromatic carbocycles. The van der Waals surface area contributed by atoms with Gasteiger partial charge in [-0.3, -0.25) is 0 Å². The predicted molar refractivity (Wildman–Crippen MR) is 57.5 cm³/mol. The second kappa shape index (κ2) is 4.73. The number of aromatic nitrogens is 2. The smallest absolute Gasteiger partial charge is 0.223 e. The molecule has 0 saturated heterocycles. The fraction of sp³-hybridized carbons (Fsp3) is 0.333. The van der Waals surface area contributed by atoms with Crippen molar-refractivity contribution in [3.63, 3.8) is 0 Å². The first-order chi connectivity index (χ1) is 7.34. The second-order valence-corrected chi connectivity index (χ2v) is 3.57. The molecule has 2 aromatic rings. The largest absolute Gasteiger partial charge is 0.340 e. The Labute approximate surface area is 89.1 Å². The van der Waals surface area contributed by atoms with Gasteiger partial charge >= 0.3 is 0 Å². The molecular formula is C12H14N2O. The molecule has 15 heavy (non-hydrogen) atoms. The average Bonchev–Trinajstić information content (AvgIpc) is 2.66. The molecule has 1 aromatic heterocycles. The van der Waals surface area contributed by atoms with Gasteiger partial charge in [0, 0.05) is 13.3 Å². The van der Waals surface area contributed by atoms with Gasteiger partial charge in [0.2, 0.25) is 5.89 Å². The molecule has 0 radical (unpaired) electrons. The fourth-order valence-corrected chi connectivity index (χ4v) is 1.54. The van der Waals surface area contributed by atoms with Crippen molar-refractivity contribution in [2.45, 2.75) is 26.2 Å². The summed E-state index contributed by atoms with van der Waals surface area (Å²) in [6.45, 7) is 1.81. The van der Waals surface area contributed by atoms with Gasteiger partial charge in [-0.1, -0.05) is 35.5 Å². The van der Waals surface area contributed by atoms with E-state index in [1.165, 1.54) is 5.56 Å². The van der Waals surface area contributed by atoms with Crippen molar-refractivity contribution in [2.24, 2.45) is 0 Å². The number of rotatable bonds is 4. The van der Waals surface area contributed by atoms with Crippen LogP contribution in [0.25, 0.3) is 0 Å². The lowest BCUT2D eigenvalue weighted by Crippen LogP contribution is -1.91. The zero-order chi connectivity index (χ0) is 10.5. The van der Waals surface area contributed by atoms with Gasteiger partial charge in [-0.15, -0.1) is 0 Å². The maximum absolute atomic E-state index is 4.91. The third-order valence-corrected chi connectivity index (χ3v) is 2.28. The Morgan fingerprint density at radius 2 is 1.93 bits per heavy atom. The van der Waals surface area contributed by atoms with Crippen molar-refractivity contribution in [2.75, 3.05) is 0 Å². The maximum atomic E-state index is 4.91. The van der Waals surface area contributed by atoms with Crippen LogP contribution in [0, 0.1) is 6.92 Å². The van der Waals surface area contributed by atoms with Crippen molar-refractivity contribution in [1.29, 1.82) is 0 Å². The molecule has 1 heterocycles. The van der Waals surface area contributed by atoms with E-state index in [-0.39, 0.29) is 0 Å². The second-order valence-electron chi connectivity index (χ2n) is 3.57. The van der Waals surface area contributed by atoms with Crippen molar-refractivity contribution in [3.8, 4) is 0 Å². The Hall–Kier alpha value is -1.64. The molecule has 0 aliphatic rings. The first-order valence-electron chi connectivity index (χ1n) is 5.18. The highest BCUT2D eigenvalue weighted by molar-refractivity contribution is 5.14. The summed E-state index contributed by atoms with van der Waals surface area (Å²) in [5, 5.41) is 3.86. The van der Waals surface area contributed by atoms with E-state index in [0.29, 0.717) is 5.89 Å². The SMILES string of the molecule is Cc1nc(CCCc2ccccc2)no1. The fourth-order valence-electron chi connectivity index (χ4n) is 1.54. The predicted octanol–water partition coefficient (Wildman–Crippen LogP) is 2.55. The molecule has 3 nitrogen and oxygen atoms in total. The van der Waals surface area contributed by atoms with Gasteiger partial charge in [0.15, 0.2) is 5.82 Å². The van der Waals surface area contributed by atoms with E-state index in [9.17, 15) is 0 Å². The summed E-state index contributed by atoms with van der Waals surface area (Å²) in [5.41, 5.74) is 1.36. The molecule has 0 atom stereocenters. The number of nitrogens with zero attached hydrogens (tertiary/aromatic N) is 2. The Balaban J connectivity index is 1.80. The minimum Gasteiger partial charge on any atom is -0.340 e. The third kappa shape index (κ3) is 2.91. The summed E-state index contributed by atoms with van der Waals surface area (Å²) in [6, 6.07) is 10.4. The van der Waals surface area contributed by atoms with Crippen LogP contribution in [0.2, 0.25) is 0 Å². The van der Waals surface area contributed by atoms with Gasteiger partial charge in [-0.05, 0) is 18.4 Å². The van der Waals surface area contributed by atoms with E-state index in [4.69, 9.17) is 4.52 Å². The number of benzene rings is 1. The highest BCUT2D eigenvalue weighted by Gasteiger charge is 2.01. The molecule has 78 valence electrons. The number of hydrogen-bond donors (Lipinski definition) is 0. The molecule has 0 amide bonds. The van der Waals surface area contributed by atoms with Crippen LogP contribution in [0.4, 0.5) is 0 Å². The van der Waals surface area contributed by atoms with Crippen LogP contribution >= 0.6 is 0 Å². The molecule has 0 unspecified atom stereocenters. The van der Waals surface area contributed by atoms with Crippen molar-refractivity contribution >= 4 is 0 Å². The minimum atomic E-state index is 0.643. The summed E-state index contributed by atoms with van der Waals surface area (Å²) in [7, 11) is 0. The van der Waals surface area contributed by atoms with Crippen LogP contribution in [0.15, 0.2) is 34.9 Å². The standard InChI is InChI=1S/C12H14N2O/c1-10-13-12(14-15-10)9-5-8-11-6-3-2-4-7-11/h2-4,6-7H,5,8-9H2,1H3. The highest BCUT2D eigenvalue weighted by Crippen LogP contribution is 2.05. The van der Waals surface area contributed by atoms with Crippen LogP contribution in [0.3, 0.4) is 0 Å². The lowest BCUT2D eigenvalue weighted by atomic mass is 10.1. The van der Waals surface area contributed by atoms with Crippen LogP contribution in [-0.2, 0) is 12.8 Å². The molecule has 2 rings (SSSR count). The number of hydrogen-bond acceptors (Lipinski definition) is 3. The topological polar surface area (TPSA) is 38.9 Å². The zero-order valence-electron chi connectivity index (χ0n) is 8.81. The molecule has 0 aliphatic carbocycles. The van der Waals surface area contributed by atoms with Crippen LogP contribution in [-0.4, -0.2) is 10.1 Å². The minimum absolute atomic E-state index is 0.643. The Morgan fingerprint density at radius 3 is 2.60 bits per heavy atom. The third-order valence-electron chi connectivity index (χ3n) is 2.28. The Morgan fingerprint density at radius 1 is 1.13 bits per heavy atom. The van der Waals surface area contributed by atoms with Crippen LogP contribution in [0.1, 0.15) is 23.7 Å². The van der Waals surface area contributed by atoms with Gasteiger partial charge in [-0.2, -0.15) is 4.98 Å². The van der Waals surface area contributed by atoms with Crippen LogP contribution in [0.5, 0.6) is 0 Å². The first-order valence-corrected chi connectivity index (χ1v) is 5.18. The van der Waals surface area contributed by atoms with Crippen molar-refractivity contribution in [1.82, 2.24) is 10.1 Å². The molecule has 0 aliphatic heterocycles. The van der Waals surface area contributed by atoms with E-state index in [0.717, 1.165) is 25.1 Å². The summed E-state index contributed by atoms with van der Waals surface area (Å²) in [5.74, 6) is 1.45. The molecule has 0 spiro atoms. The lowest BCUT2D eigenvalue weighted by molar-refractivity contribution is 0.387. The summed E-state index contributed by atoms with van der Waals surface area (Å²) in [4.78, 5) is 4.16. The summed E-state index contributed by atoms with van der Waals surface area (Å²) < 4.78 is 4.91. The van der Waals surface area contributed by atoms with E-state index < -0.39 is 0 Å². The van der Waals surface area contributed by atoms with E-state index >= 15 is 0 Å². The van der Waals surface area contributed by atoms with Gasteiger partial charge in [0.1, 0.15) is 0 Å². The maximum Gasteiger partial charge on any atom is 0.223 e. The van der Waals surface area contributed by atoms with E-state index in [1.807, 2.05) is 13.0 Å². The molecule has 0 fully saturated rings. The van der Waals surface area contributed by atoms with Gasteiger partial charge in [0.05, 0.1) is 0 Å². The van der Waals surface area contributed by atoms with Gasteiger partial charge < -0.3 is 4.52 Å². The van der Waals surface area contributed by atoms with E-state index in [2.05, 4.69) is 34.4 Å². The molecule has 3 heteroatoms. The molecular weight excluding hydrogens is 188 g/mol.